The number of nitrogens with zero attached hydrogens (tertiary/aromatic N) is 1. The first-order valence-electron chi connectivity index (χ1n) is 5.02. The average molecular weight is 197 g/mol. The van der Waals surface area contributed by atoms with E-state index in [1.165, 1.54) is 0 Å². The van der Waals surface area contributed by atoms with Crippen molar-refractivity contribution in [2.24, 2.45) is 0 Å². The van der Waals surface area contributed by atoms with Gasteiger partial charge >= 0.3 is 5.97 Å². The number of esters is 1. The van der Waals surface area contributed by atoms with Gasteiger partial charge in [-0.1, -0.05) is 6.92 Å². The van der Waals surface area contributed by atoms with Gasteiger partial charge in [0, 0.05) is 13.0 Å². The summed E-state index contributed by atoms with van der Waals surface area (Å²) in [5.41, 5.74) is 0. The summed E-state index contributed by atoms with van der Waals surface area (Å²) in [4.78, 5) is 13.2. The number of hydrogen-bond donors (Lipinski definition) is 0. The van der Waals surface area contributed by atoms with Crippen LogP contribution in [0.5, 0.6) is 0 Å². The number of carbonyl (C=O) groups is 1. The van der Waals surface area contributed by atoms with Gasteiger partial charge in [-0.05, 0) is 20.4 Å². The number of carbonyl (C=O) groups excluding carboxylic acids is 1. The molecule has 0 amide bonds. The summed E-state index contributed by atoms with van der Waals surface area (Å²) in [6.07, 6.45) is 0.809. The lowest BCUT2D eigenvalue weighted by atomic mass is 10.3. The summed E-state index contributed by atoms with van der Waals surface area (Å²) in [6, 6.07) is 0. The van der Waals surface area contributed by atoms with Crippen molar-refractivity contribution in [3.8, 4) is 11.8 Å². The largest absolute Gasteiger partial charge is 0.465 e. The molecule has 0 aliphatic rings. The topological polar surface area (TPSA) is 29.5 Å². The molecule has 0 spiro atoms. The standard InChI is InChI=1S/C11H19NO2/c1-4-7-8-9-12(5-2)10-11(13)14-6-3/h5-6,8-10H2,1-3H3. The highest BCUT2D eigenvalue weighted by molar-refractivity contribution is 5.71. The van der Waals surface area contributed by atoms with Gasteiger partial charge in [0.05, 0.1) is 13.2 Å². The Balaban J connectivity index is 3.75. The summed E-state index contributed by atoms with van der Waals surface area (Å²) in [7, 11) is 0. The van der Waals surface area contributed by atoms with E-state index >= 15 is 0 Å². The fourth-order valence-electron chi connectivity index (χ4n) is 1.08. The second-order valence-electron chi connectivity index (χ2n) is 2.85. The first kappa shape index (κ1) is 13.0. The Labute approximate surface area is 86.4 Å². The van der Waals surface area contributed by atoms with Crippen LogP contribution in [0.3, 0.4) is 0 Å². The van der Waals surface area contributed by atoms with E-state index < -0.39 is 0 Å². The van der Waals surface area contributed by atoms with Crippen LogP contribution in [-0.2, 0) is 9.53 Å². The SMILES string of the molecule is CC#CCCN(CC)CC(=O)OCC. The van der Waals surface area contributed by atoms with E-state index in [1.54, 1.807) is 0 Å². The van der Waals surface area contributed by atoms with Crippen LogP contribution in [0.4, 0.5) is 0 Å². The van der Waals surface area contributed by atoms with Crippen molar-refractivity contribution in [3.05, 3.63) is 0 Å². The highest BCUT2D eigenvalue weighted by Gasteiger charge is 2.08. The van der Waals surface area contributed by atoms with Crippen molar-refractivity contribution in [1.29, 1.82) is 0 Å². The van der Waals surface area contributed by atoms with Gasteiger partial charge in [0.25, 0.3) is 0 Å². The van der Waals surface area contributed by atoms with E-state index in [0.29, 0.717) is 13.2 Å². The molecule has 0 unspecified atom stereocenters. The van der Waals surface area contributed by atoms with Crippen LogP contribution in [-0.4, -0.2) is 37.1 Å². The minimum absolute atomic E-state index is 0.154. The van der Waals surface area contributed by atoms with Crippen molar-refractivity contribution in [2.75, 3.05) is 26.2 Å². The van der Waals surface area contributed by atoms with Crippen LogP contribution in [0.15, 0.2) is 0 Å². The number of hydrogen-bond acceptors (Lipinski definition) is 3. The molecule has 0 saturated carbocycles. The van der Waals surface area contributed by atoms with Crippen LogP contribution in [0.2, 0.25) is 0 Å². The normalized spacial score (nSPS) is 9.43. The van der Waals surface area contributed by atoms with E-state index in [1.807, 2.05) is 25.7 Å². The number of ether oxygens (including phenoxy) is 1. The van der Waals surface area contributed by atoms with Gasteiger partial charge < -0.3 is 4.74 Å². The minimum Gasteiger partial charge on any atom is -0.465 e. The van der Waals surface area contributed by atoms with Gasteiger partial charge in [0.2, 0.25) is 0 Å². The van der Waals surface area contributed by atoms with Crippen molar-refractivity contribution < 1.29 is 9.53 Å². The van der Waals surface area contributed by atoms with Gasteiger partial charge in [-0.3, -0.25) is 9.69 Å². The maximum absolute atomic E-state index is 11.1. The Morgan fingerprint density at radius 3 is 2.64 bits per heavy atom. The van der Waals surface area contributed by atoms with Crippen LogP contribution in [0.25, 0.3) is 0 Å². The van der Waals surface area contributed by atoms with Crippen molar-refractivity contribution >= 4 is 5.97 Å². The molecule has 0 rings (SSSR count). The molecule has 0 fully saturated rings. The monoisotopic (exact) mass is 197 g/mol. The molecule has 80 valence electrons. The highest BCUT2D eigenvalue weighted by atomic mass is 16.5. The fraction of sp³-hybridized carbons (Fsp3) is 0.727. The molecule has 3 nitrogen and oxygen atoms in total. The Morgan fingerprint density at radius 2 is 2.14 bits per heavy atom. The third-order valence-corrected chi connectivity index (χ3v) is 1.84. The van der Waals surface area contributed by atoms with Gasteiger partial charge in [0.15, 0.2) is 0 Å². The zero-order valence-corrected chi connectivity index (χ0v) is 9.30. The first-order chi connectivity index (χ1) is 6.74. The van der Waals surface area contributed by atoms with Crippen LogP contribution >= 0.6 is 0 Å². The summed E-state index contributed by atoms with van der Waals surface area (Å²) in [5.74, 6) is 5.65. The lowest BCUT2D eigenvalue weighted by Crippen LogP contribution is -2.31. The summed E-state index contributed by atoms with van der Waals surface area (Å²) in [6.45, 7) is 8.16. The molecular weight excluding hydrogens is 178 g/mol. The molecule has 0 aromatic rings. The smallest absolute Gasteiger partial charge is 0.320 e. The van der Waals surface area contributed by atoms with Crippen LogP contribution in [0.1, 0.15) is 27.2 Å². The number of likely N-dealkylation sites (N-methyl/N-ethyl adjacent to an activating group) is 1. The minimum atomic E-state index is -0.154. The molecular formula is C11H19NO2. The molecule has 0 radical (unpaired) electrons. The quantitative estimate of drug-likeness (QED) is 0.474. The molecule has 0 aromatic carbocycles. The van der Waals surface area contributed by atoms with E-state index in [2.05, 4.69) is 11.8 Å². The van der Waals surface area contributed by atoms with Gasteiger partial charge in [-0.25, -0.2) is 0 Å². The highest BCUT2D eigenvalue weighted by Crippen LogP contribution is 1.92. The fourth-order valence-corrected chi connectivity index (χ4v) is 1.08. The molecule has 0 atom stereocenters. The molecule has 0 N–H and O–H groups in total. The number of rotatable bonds is 6. The van der Waals surface area contributed by atoms with E-state index in [9.17, 15) is 4.79 Å². The zero-order chi connectivity index (χ0) is 10.8. The predicted molar refractivity (Wildman–Crippen MR) is 56.8 cm³/mol. The Morgan fingerprint density at radius 1 is 1.43 bits per heavy atom. The van der Waals surface area contributed by atoms with Gasteiger partial charge in [0.1, 0.15) is 0 Å². The molecule has 0 heterocycles. The maximum Gasteiger partial charge on any atom is 0.320 e. The lowest BCUT2D eigenvalue weighted by molar-refractivity contribution is -0.144. The molecule has 0 bridgehead atoms. The zero-order valence-electron chi connectivity index (χ0n) is 9.30. The predicted octanol–water partition coefficient (Wildman–Crippen LogP) is 1.28. The average Bonchev–Trinajstić information content (AvgIpc) is 2.17. The summed E-state index contributed by atoms with van der Waals surface area (Å²) >= 11 is 0. The molecule has 3 heteroatoms. The lowest BCUT2D eigenvalue weighted by Gasteiger charge is -2.17. The van der Waals surface area contributed by atoms with Crippen molar-refractivity contribution in [1.82, 2.24) is 4.90 Å². The first-order valence-corrected chi connectivity index (χ1v) is 5.02. The molecule has 0 aliphatic heterocycles. The third-order valence-electron chi connectivity index (χ3n) is 1.84. The Kier molecular flexibility index (Phi) is 7.96. The summed E-state index contributed by atoms with van der Waals surface area (Å²) < 4.78 is 4.86. The van der Waals surface area contributed by atoms with Crippen LogP contribution < -0.4 is 0 Å². The van der Waals surface area contributed by atoms with Crippen molar-refractivity contribution in [2.45, 2.75) is 27.2 Å². The molecule has 0 aromatic heterocycles. The molecule has 14 heavy (non-hydrogen) atoms. The van der Waals surface area contributed by atoms with Crippen LogP contribution in [0, 0.1) is 11.8 Å². The summed E-state index contributed by atoms with van der Waals surface area (Å²) in [5, 5.41) is 0. The van der Waals surface area contributed by atoms with E-state index in [-0.39, 0.29) is 5.97 Å². The Bertz CT molecular complexity index is 215. The van der Waals surface area contributed by atoms with E-state index in [4.69, 9.17) is 4.74 Å². The third kappa shape index (κ3) is 6.50. The van der Waals surface area contributed by atoms with Crippen molar-refractivity contribution in [3.63, 3.8) is 0 Å². The second kappa shape index (κ2) is 8.58. The van der Waals surface area contributed by atoms with E-state index in [0.717, 1.165) is 19.5 Å². The molecule has 0 aliphatic carbocycles. The second-order valence-corrected chi connectivity index (χ2v) is 2.85. The maximum atomic E-state index is 11.1. The van der Waals surface area contributed by atoms with Gasteiger partial charge in [-0.15, -0.1) is 11.8 Å². The van der Waals surface area contributed by atoms with Gasteiger partial charge in [-0.2, -0.15) is 0 Å². The Hall–Kier alpha value is -1.01. The molecule has 0 saturated heterocycles.